The highest BCUT2D eigenvalue weighted by Crippen LogP contribution is 2.41. The summed E-state index contributed by atoms with van der Waals surface area (Å²) in [6, 6.07) is 15.5. The van der Waals surface area contributed by atoms with Crippen LogP contribution < -0.4 is 22.6 Å². The van der Waals surface area contributed by atoms with Gasteiger partial charge in [0.2, 0.25) is 5.78 Å². The summed E-state index contributed by atoms with van der Waals surface area (Å²) in [5.74, 6) is -1.22. The number of ketones is 1. The minimum absolute atomic E-state index is 0.0178. The van der Waals surface area contributed by atoms with E-state index < -0.39 is 79.0 Å². The van der Waals surface area contributed by atoms with E-state index in [0.29, 0.717) is 34.9 Å². The first-order valence-corrected chi connectivity index (χ1v) is 17.8. The SMILES string of the molecule is Nc1ccc(N=Nc2ccc(N=Nc3c(S(=O)(=O)O)cc4c(c3N)C(=O)/C(=N\Nc3ccc(S(=O)(=O)O)cc3)C(S(=O)(=O)O)=C4)cc2)c(N)c1. The molecule has 4 aromatic carbocycles. The number of anilines is 4. The number of hydrogen-bond donors (Lipinski definition) is 7. The highest BCUT2D eigenvalue weighted by atomic mass is 32.2. The largest absolute Gasteiger partial charge is 0.399 e. The fraction of sp³-hybridized carbons (Fsp3) is 0. The fourth-order valence-electron chi connectivity index (χ4n) is 4.39. The molecule has 4 aromatic rings. The van der Waals surface area contributed by atoms with Gasteiger partial charge < -0.3 is 17.2 Å². The van der Waals surface area contributed by atoms with E-state index >= 15 is 0 Å². The Bertz CT molecular complexity index is 2520. The average molecular weight is 742 g/mol. The van der Waals surface area contributed by atoms with E-state index in [4.69, 9.17) is 21.8 Å². The number of Topliss-reactive ketones (excluding diaryl/α,β-unsaturated/α-hetero) is 1. The zero-order valence-corrected chi connectivity index (χ0v) is 27.3. The molecule has 19 nitrogen and oxygen atoms in total. The third kappa shape index (κ3) is 7.70. The van der Waals surface area contributed by atoms with Gasteiger partial charge in [-0.25, -0.2) is 0 Å². The van der Waals surface area contributed by atoms with Crippen molar-refractivity contribution in [3.05, 3.63) is 88.8 Å². The molecule has 0 saturated heterocycles. The zero-order valence-electron chi connectivity index (χ0n) is 24.9. The molecule has 1 aliphatic rings. The molecule has 5 rings (SSSR count). The van der Waals surface area contributed by atoms with Crippen LogP contribution in [0, 0.1) is 0 Å². The van der Waals surface area contributed by atoms with Crippen LogP contribution in [0.15, 0.2) is 113 Å². The van der Waals surface area contributed by atoms with E-state index in [9.17, 15) is 39.2 Å². The van der Waals surface area contributed by atoms with Crippen LogP contribution in [-0.2, 0) is 30.4 Å². The van der Waals surface area contributed by atoms with E-state index in [-0.39, 0.29) is 11.4 Å². The van der Waals surface area contributed by atoms with Gasteiger partial charge in [-0.1, -0.05) is 0 Å². The summed E-state index contributed by atoms with van der Waals surface area (Å²) in [7, 11) is -14.8. The molecule has 0 unspecified atom stereocenters. The molecule has 258 valence electrons. The van der Waals surface area contributed by atoms with E-state index in [0.717, 1.165) is 24.3 Å². The number of fused-ring (bicyclic) bond motifs is 1. The molecule has 1 aliphatic carbocycles. The predicted octanol–water partition coefficient (Wildman–Crippen LogP) is 4.65. The van der Waals surface area contributed by atoms with Crippen LogP contribution in [0.25, 0.3) is 6.08 Å². The Morgan fingerprint density at radius 3 is 1.80 bits per heavy atom. The minimum atomic E-state index is -5.19. The lowest BCUT2D eigenvalue weighted by atomic mass is 9.92. The maximum absolute atomic E-state index is 13.6. The van der Waals surface area contributed by atoms with Gasteiger partial charge in [-0.3, -0.25) is 23.9 Å². The Morgan fingerprint density at radius 2 is 1.26 bits per heavy atom. The van der Waals surface area contributed by atoms with Crippen LogP contribution in [0.5, 0.6) is 0 Å². The zero-order chi connectivity index (χ0) is 36.6. The Morgan fingerprint density at radius 1 is 0.660 bits per heavy atom. The standard InChI is InChI=1S/C28H23N9O10S3/c29-15-1-10-21(20(30)13-15)35-32-16-2-4-17(5-3-16)33-36-26-22(49(42,43)44)11-14-12-23(50(45,46)47)27(28(38)24(14)25(26)31)37-34-18-6-8-19(9-7-18)48(39,40)41/h1-13,34H,29-31H2,(H,39,40,41)(H,42,43,44)(H,45,46,47)/b35-32?,36-33?,37-27-. The first kappa shape index (κ1) is 35.4. The smallest absolute Gasteiger partial charge is 0.296 e. The van der Waals surface area contributed by atoms with Crippen LogP contribution in [0.2, 0.25) is 0 Å². The molecule has 0 atom stereocenters. The number of carbonyl (C=O) groups excluding carboxylic acids is 1. The van der Waals surface area contributed by atoms with Gasteiger partial charge in [0.15, 0.2) is 5.71 Å². The number of nitrogen functional groups attached to an aromatic ring is 3. The lowest BCUT2D eigenvalue weighted by molar-refractivity contribution is 0.106. The third-order valence-electron chi connectivity index (χ3n) is 6.74. The third-order valence-corrected chi connectivity index (χ3v) is 9.34. The van der Waals surface area contributed by atoms with E-state index in [1.54, 1.807) is 12.1 Å². The number of benzene rings is 4. The lowest BCUT2D eigenvalue weighted by Gasteiger charge is -2.20. The number of nitrogens with zero attached hydrogens (tertiary/aromatic N) is 5. The summed E-state index contributed by atoms with van der Waals surface area (Å²) in [5.41, 5.74) is 18.6. The van der Waals surface area contributed by atoms with Gasteiger partial charge in [0.1, 0.15) is 21.2 Å². The Balaban J connectivity index is 1.52. The Labute approximate surface area is 283 Å². The molecule has 0 fully saturated rings. The molecule has 0 amide bonds. The molecular formula is C28H23N9O10S3. The minimum Gasteiger partial charge on any atom is -0.399 e. The number of allylic oxidation sites excluding steroid dienone is 1. The number of azo groups is 2. The Hall–Kier alpha value is -5.91. The summed E-state index contributed by atoms with van der Waals surface area (Å²) in [5, 5.41) is 19.7. The second-order valence-corrected chi connectivity index (χ2v) is 14.4. The number of carbonyl (C=O) groups is 1. The summed E-state index contributed by atoms with van der Waals surface area (Å²) >= 11 is 0. The second kappa shape index (κ2) is 13.2. The fourth-order valence-corrected chi connectivity index (χ4v) is 6.20. The summed E-state index contributed by atoms with van der Waals surface area (Å²) < 4.78 is 101. The van der Waals surface area contributed by atoms with E-state index in [2.05, 4.69) is 31.0 Å². The normalized spacial score (nSPS) is 14.7. The van der Waals surface area contributed by atoms with Crippen LogP contribution >= 0.6 is 0 Å². The van der Waals surface area contributed by atoms with Crippen LogP contribution in [0.1, 0.15) is 15.9 Å². The van der Waals surface area contributed by atoms with Crippen molar-refractivity contribution in [3.8, 4) is 0 Å². The number of rotatable bonds is 9. The van der Waals surface area contributed by atoms with Gasteiger partial charge in [-0.2, -0.15) is 40.6 Å². The van der Waals surface area contributed by atoms with Crippen molar-refractivity contribution in [1.82, 2.24) is 0 Å². The number of nitrogens with one attached hydrogen (secondary N) is 1. The molecular weight excluding hydrogens is 719 g/mol. The van der Waals surface area contributed by atoms with Gasteiger partial charge in [-0.15, -0.1) is 10.2 Å². The molecule has 0 saturated carbocycles. The van der Waals surface area contributed by atoms with Crippen molar-refractivity contribution in [2.75, 3.05) is 22.6 Å². The predicted molar refractivity (Wildman–Crippen MR) is 182 cm³/mol. The van der Waals surface area contributed by atoms with Crippen LogP contribution in [-0.4, -0.2) is 50.4 Å². The van der Waals surface area contributed by atoms with Crippen molar-refractivity contribution in [3.63, 3.8) is 0 Å². The van der Waals surface area contributed by atoms with Crippen molar-refractivity contribution in [2.24, 2.45) is 25.6 Å². The van der Waals surface area contributed by atoms with Gasteiger partial charge in [-0.05, 0) is 84.4 Å². The van der Waals surface area contributed by atoms with E-state index in [1.165, 1.54) is 30.3 Å². The number of hydrogen-bond acceptors (Lipinski definition) is 16. The quantitative estimate of drug-likeness (QED) is 0.0531. The van der Waals surface area contributed by atoms with Crippen molar-refractivity contribution >= 4 is 93.4 Å². The Kier molecular flexibility index (Phi) is 9.33. The van der Waals surface area contributed by atoms with Crippen LogP contribution in [0.4, 0.5) is 45.5 Å². The van der Waals surface area contributed by atoms with Crippen molar-refractivity contribution in [2.45, 2.75) is 9.79 Å². The molecule has 10 N–H and O–H groups in total. The molecule has 22 heteroatoms. The maximum Gasteiger partial charge on any atom is 0.296 e. The molecule has 0 heterocycles. The van der Waals surface area contributed by atoms with Gasteiger partial charge in [0, 0.05) is 5.69 Å². The monoisotopic (exact) mass is 741 g/mol. The second-order valence-electron chi connectivity index (χ2n) is 10.2. The average Bonchev–Trinajstić information content (AvgIpc) is 3.02. The summed E-state index contributed by atoms with van der Waals surface area (Å²) in [6.07, 6.45) is 0.700. The van der Waals surface area contributed by atoms with Crippen molar-refractivity contribution in [1.29, 1.82) is 0 Å². The molecule has 0 aliphatic heterocycles. The highest BCUT2D eigenvalue weighted by molar-refractivity contribution is 7.91. The van der Waals surface area contributed by atoms with E-state index in [1.807, 2.05) is 0 Å². The maximum atomic E-state index is 13.6. The molecule has 0 radical (unpaired) electrons. The number of nitrogens with two attached hydrogens (primary N) is 3. The van der Waals surface area contributed by atoms with Gasteiger partial charge in [0.05, 0.1) is 38.9 Å². The lowest BCUT2D eigenvalue weighted by Crippen LogP contribution is -2.28. The topological polar surface area (TPSA) is 332 Å². The number of hydrazone groups is 1. The molecule has 0 spiro atoms. The molecule has 0 bridgehead atoms. The molecule has 50 heavy (non-hydrogen) atoms. The highest BCUT2D eigenvalue weighted by Gasteiger charge is 2.37. The van der Waals surface area contributed by atoms with Crippen molar-refractivity contribution < 1.29 is 43.7 Å². The first-order chi connectivity index (χ1) is 23.3. The van der Waals surface area contributed by atoms with Gasteiger partial charge >= 0.3 is 0 Å². The first-order valence-electron chi connectivity index (χ1n) is 13.5. The molecule has 0 aromatic heterocycles. The summed E-state index contributed by atoms with van der Waals surface area (Å²) in [4.78, 5) is 11.2. The summed E-state index contributed by atoms with van der Waals surface area (Å²) in [6.45, 7) is 0. The van der Waals surface area contributed by atoms with Gasteiger partial charge in [0.25, 0.3) is 30.4 Å². The van der Waals surface area contributed by atoms with Crippen LogP contribution in [0.3, 0.4) is 0 Å².